The Balaban J connectivity index is 1.64. The van der Waals surface area contributed by atoms with E-state index in [4.69, 9.17) is 4.74 Å². The van der Waals surface area contributed by atoms with Crippen LogP contribution >= 0.6 is 11.3 Å². The maximum atomic E-state index is 11.9. The number of esters is 1. The van der Waals surface area contributed by atoms with Crippen LogP contribution in [-0.4, -0.2) is 34.6 Å². The average molecular weight is 390 g/mol. The molecule has 0 unspecified atom stereocenters. The molecule has 0 atom stereocenters. The van der Waals surface area contributed by atoms with Gasteiger partial charge in [0, 0.05) is 18.5 Å². The quantitative estimate of drug-likeness (QED) is 0.671. The van der Waals surface area contributed by atoms with Gasteiger partial charge < -0.3 is 15.4 Å². The Morgan fingerprint density at radius 1 is 1.04 bits per heavy atom. The van der Waals surface area contributed by atoms with E-state index in [1.54, 1.807) is 13.0 Å². The first-order valence-corrected chi connectivity index (χ1v) is 9.28. The lowest BCUT2D eigenvalue weighted by Crippen LogP contribution is -2.21. The first-order chi connectivity index (χ1) is 12.8. The zero-order valence-electron chi connectivity index (χ0n) is 15.5. The monoisotopic (exact) mass is 390 g/mol. The average Bonchev–Trinajstić information content (AvgIpc) is 3.02. The van der Waals surface area contributed by atoms with Crippen molar-refractivity contribution in [2.75, 3.05) is 17.2 Å². The number of aromatic nitrogens is 2. The van der Waals surface area contributed by atoms with E-state index in [9.17, 15) is 14.4 Å². The van der Waals surface area contributed by atoms with Crippen molar-refractivity contribution in [2.24, 2.45) is 0 Å². The summed E-state index contributed by atoms with van der Waals surface area (Å²) in [6.45, 7) is 5.29. The van der Waals surface area contributed by atoms with Gasteiger partial charge in [-0.3, -0.25) is 14.4 Å². The minimum Gasteiger partial charge on any atom is -0.456 e. The fraction of sp³-hybridized carbons (Fsp3) is 0.389. The van der Waals surface area contributed by atoms with Gasteiger partial charge in [0.2, 0.25) is 11.0 Å². The molecule has 2 amide bonds. The number of amides is 2. The maximum absolute atomic E-state index is 11.9. The van der Waals surface area contributed by atoms with Crippen molar-refractivity contribution in [3.05, 3.63) is 34.3 Å². The van der Waals surface area contributed by atoms with Crippen LogP contribution in [0.3, 0.4) is 0 Å². The van der Waals surface area contributed by atoms with Crippen LogP contribution in [0.2, 0.25) is 0 Å². The number of carbonyl (C=O) groups is 3. The van der Waals surface area contributed by atoms with Crippen molar-refractivity contribution in [3.8, 4) is 0 Å². The third-order valence-corrected chi connectivity index (χ3v) is 4.55. The standard InChI is InChI=1S/C18H22N4O4S/c1-11-6-4-7-14(12(11)2)19-16(24)10-26-17(25)9-5-8-15(23)20-18-22-21-13(3)27-18/h4,6-7H,5,8-10H2,1-3H3,(H,19,24)(H,20,22,23). The number of hydrogen-bond acceptors (Lipinski definition) is 7. The molecule has 0 saturated heterocycles. The van der Waals surface area contributed by atoms with E-state index < -0.39 is 11.9 Å². The van der Waals surface area contributed by atoms with E-state index >= 15 is 0 Å². The predicted octanol–water partition coefficient (Wildman–Crippen LogP) is 2.75. The fourth-order valence-corrected chi connectivity index (χ4v) is 2.82. The molecule has 1 aromatic carbocycles. The molecule has 0 aliphatic rings. The molecule has 0 spiro atoms. The number of carbonyl (C=O) groups excluding carboxylic acids is 3. The molecule has 2 N–H and O–H groups in total. The molecule has 0 aliphatic carbocycles. The van der Waals surface area contributed by atoms with Crippen molar-refractivity contribution >= 4 is 39.9 Å². The number of ether oxygens (including phenoxy) is 1. The van der Waals surface area contributed by atoms with Crippen LogP contribution in [-0.2, 0) is 19.1 Å². The van der Waals surface area contributed by atoms with Crippen LogP contribution in [0.15, 0.2) is 18.2 Å². The van der Waals surface area contributed by atoms with Crippen molar-refractivity contribution in [2.45, 2.75) is 40.0 Å². The zero-order valence-corrected chi connectivity index (χ0v) is 16.3. The Morgan fingerprint density at radius 3 is 2.52 bits per heavy atom. The topological polar surface area (TPSA) is 110 Å². The molecule has 0 radical (unpaired) electrons. The molecule has 144 valence electrons. The summed E-state index contributed by atoms with van der Waals surface area (Å²) in [4.78, 5) is 35.4. The summed E-state index contributed by atoms with van der Waals surface area (Å²) in [5.41, 5.74) is 2.72. The Hall–Kier alpha value is -2.81. The van der Waals surface area contributed by atoms with Gasteiger partial charge in [0.1, 0.15) is 5.01 Å². The number of hydrogen-bond donors (Lipinski definition) is 2. The largest absolute Gasteiger partial charge is 0.456 e. The van der Waals surface area contributed by atoms with Crippen molar-refractivity contribution in [1.29, 1.82) is 0 Å². The summed E-state index contributed by atoms with van der Waals surface area (Å²) in [6.07, 6.45) is 0.531. The van der Waals surface area contributed by atoms with E-state index in [2.05, 4.69) is 20.8 Å². The molecule has 1 aromatic heterocycles. The number of rotatable bonds is 8. The second kappa shape index (κ2) is 9.77. The Morgan fingerprint density at radius 2 is 1.81 bits per heavy atom. The van der Waals surface area contributed by atoms with Crippen LogP contribution < -0.4 is 10.6 Å². The molecule has 8 nitrogen and oxygen atoms in total. The molecule has 0 saturated carbocycles. The molecular formula is C18H22N4O4S. The highest BCUT2D eigenvalue weighted by atomic mass is 32.1. The Labute approximate surface area is 161 Å². The van der Waals surface area contributed by atoms with Crippen molar-refractivity contribution in [1.82, 2.24) is 10.2 Å². The summed E-state index contributed by atoms with van der Waals surface area (Å²) in [7, 11) is 0. The van der Waals surface area contributed by atoms with Gasteiger partial charge >= 0.3 is 5.97 Å². The summed E-state index contributed by atoms with van der Waals surface area (Å²) in [5.74, 6) is -1.17. The lowest BCUT2D eigenvalue weighted by atomic mass is 10.1. The van der Waals surface area contributed by atoms with E-state index in [0.29, 0.717) is 17.2 Å². The van der Waals surface area contributed by atoms with Gasteiger partial charge in [-0.2, -0.15) is 0 Å². The lowest BCUT2D eigenvalue weighted by Gasteiger charge is -2.10. The summed E-state index contributed by atoms with van der Waals surface area (Å²) >= 11 is 1.28. The fourth-order valence-electron chi connectivity index (χ4n) is 2.21. The number of anilines is 2. The van der Waals surface area contributed by atoms with Gasteiger partial charge in [0.05, 0.1) is 0 Å². The van der Waals surface area contributed by atoms with Gasteiger partial charge in [-0.15, -0.1) is 10.2 Å². The molecule has 9 heteroatoms. The highest BCUT2D eigenvalue weighted by Crippen LogP contribution is 2.18. The number of nitrogens with one attached hydrogen (secondary N) is 2. The smallest absolute Gasteiger partial charge is 0.306 e. The number of benzene rings is 1. The zero-order chi connectivity index (χ0) is 19.8. The van der Waals surface area contributed by atoms with E-state index in [-0.39, 0.29) is 25.4 Å². The first kappa shape index (κ1) is 20.5. The maximum Gasteiger partial charge on any atom is 0.306 e. The SMILES string of the molecule is Cc1nnc(NC(=O)CCCC(=O)OCC(=O)Nc2cccc(C)c2C)s1. The third kappa shape index (κ3) is 6.78. The molecular weight excluding hydrogens is 368 g/mol. The second-order valence-corrected chi connectivity index (χ2v) is 7.17. The van der Waals surface area contributed by atoms with Gasteiger partial charge in [0.15, 0.2) is 6.61 Å². The van der Waals surface area contributed by atoms with E-state index in [1.165, 1.54) is 11.3 Å². The molecule has 2 aromatic rings. The Kier molecular flexibility index (Phi) is 7.42. The van der Waals surface area contributed by atoms with Crippen LogP contribution in [0.1, 0.15) is 35.4 Å². The van der Waals surface area contributed by atoms with Crippen LogP contribution in [0.5, 0.6) is 0 Å². The highest BCUT2D eigenvalue weighted by molar-refractivity contribution is 7.15. The summed E-state index contributed by atoms with van der Waals surface area (Å²) in [5, 5.41) is 14.1. The van der Waals surface area contributed by atoms with Crippen LogP contribution in [0.4, 0.5) is 10.8 Å². The van der Waals surface area contributed by atoms with Gasteiger partial charge in [0.25, 0.3) is 5.91 Å². The number of nitrogens with zero attached hydrogens (tertiary/aromatic N) is 2. The van der Waals surface area contributed by atoms with Crippen LogP contribution in [0, 0.1) is 20.8 Å². The van der Waals surface area contributed by atoms with Crippen molar-refractivity contribution in [3.63, 3.8) is 0 Å². The van der Waals surface area contributed by atoms with E-state index in [1.807, 2.05) is 26.0 Å². The van der Waals surface area contributed by atoms with Gasteiger partial charge in [-0.25, -0.2) is 0 Å². The molecule has 0 aliphatic heterocycles. The van der Waals surface area contributed by atoms with Crippen molar-refractivity contribution < 1.29 is 19.1 Å². The molecule has 1 heterocycles. The summed E-state index contributed by atoms with van der Waals surface area (Å²) in [6, 6.07) is 5.59. The van der Waals surface area contributed by atoms with Crippen LogP contribution in [0.25, 0.3) is 0 Å². The molecule has 0 fully saturated rings. The minimum atomic E-state index is -0.523. The summed E-state index contributed by atoms with van der Waals surface area (Å²) < 4.78 is 4.95. The normalized spacial score (nSPS) is 10.3. The third-order valence-electron chi connectivity index (χ3n) is 3.80. The highest BCUT2D eigenvalue weighted by Gasteiger charge is 2.11. The molecule has 27 heavy (non-hydrogen) atoms. The van der Waals surface area contributed by atoms with Gasteiger partial charge in [-0.1, -0.05) is 23.5 Å². The number of aryl methyl sites for hydroxylation is 2. The van der Waals surface area contributed by atoms with E-state index in [0.717, 1.165) is 16.1 Å². The molecule has 0 bridgehead atoms. The second-order valence-electron chi connectivity index (χ2n) is 5.98. The predicted molar refractivity (Wildman–Crippen MR) is 103 cm³/mol. The lowest BCUT2D eigenvalue weighted by molar-refractivity contribution is -0.147. The molecule has 2 rings (SSSR count). The Bertz CT molecular complexity index is 835. The minimum absolute atomic E-state index is 0.0549. The first-order valence-electron chi connectivity index (χ1n) is 8.47. The van der Waals surface area contributed by atoms with Gasteiger partial charge in [-0.05, 0) is 44.4 Å².